The zero-order valence-electron chi connectivity index (χ0n) is 18.9. The quantitative estimate of drug-likeness (QED) is 0.515. The van der Waals surface area contributed by atoms with E-state index in [-0.39, 0.29) is 30.0 Å². The van der Waals surface area contributed by atoms with Gasteiger partial charge in [0.05, 0.1) is 25.3 Å². The molecule has 1 unspecified atom stereocenters. The average molecular weight is 466 g/mol. The van der Waals surface area contributed by atoms with E-state index in [4.69, 9.17) is 4.74 Å². The zero-order valence-corrected chi connectivity index (χ0v) is 19.8. The fourth-order valence-electron chi connectivity index (χ4n) is 3.92. The molecule has 172 valence electrons. The Kier molecular flexibility index (Phi) is 6.98. The summed E-state index contributed by atoms with van der Waals surface area (Å²) in [7, 11) is 3.46. The van der Waals surface area contributed by atoms with Crippen molar-refractivity contribution < 1.29 is 14.3 Å². The van der Waals surface area contributed by atoms with Gasteiger partial charge >= 0.3 is 0 Å². The summed E-state index contributed by atoms with van der Waals surface area (Å²) >= 11 is 1.35. The van der Waals surface area contributed by atoms with Gasteiger partial charge in [0.2, 0.25) is 11.8 Å². The highest BCUT2D eigenvalue weighted by Gasteiger charge is 2.25. The number of carbonyl (C=O) groups excluding carboxylic acids is 2. The average Bonchev–Trinajstić information content (AvgIpc) is 3.41. The molecule has 1 aliphatic heterocycles. The Bertz CT molecular complexity index is 1150. The van der Waals surface area contributed by atoms with Gasteiger partial charge in [0.25, 0.3) is 0 Å². The lowest BCUT2D eigenvalue weighted by atomic mass is 10.1. The number of para-hydroxylation sites is 1. The molecule has 4 rings (SSSR count). The summed E-state index contributed by atoms with van der Waals surface area (Å²) in [5, 5.41) is 12.1. The van der Waals surface area contributed by atoms with Crippen molar-refractivity contribution in [1.29, 1.82) is 0 Å². The van der Waals surface area contributed by atoms with E-state index in [2.05, 4.69) is 21.6 Å². The minimum atomic E-state index is -0.316. The van der Waals surface area contributed by atoms with Crippen LogP contribution >= 0.6 is 11.8 Å². The van der Waals surface area contributed by atoms with Gasteiger partial charge in [-0.25, -0.2) is 0 Å². The molecule has 2 aromatic carbocycles. The molecule has 1 atom stereocenters. The van der Waals surface area contributed by atoms with Gasteiger partial charge in [0, 0.05) is 19.3 Å². The molecule has 2 amide bonds. The van der Waals surface area contributed by atoms with Crippen molar-refractivity contribution in [3.8, 4) is 5.75 Å². The number of nitrogens with zero attached hydrogens (tertiary/aromatic N) is 4. The van der Waals surface area contributed by atoms with Crippen LogP contribution in [0.1, 0.15) is 29.9 Å². The summed E-state index contributed by atoms with van der Waals surface area (Å²) in [6, 6.07) is 15.1. The van der Waals surface area contributed by atoms with E-state index in [0.717, 1.165) is 23.4 Å². The molecule has 0 bridgehead atoms. The number of hydrogen-bond donors (Lipinski definition) is 1. The molecule has 33 heavy (non-hydrogen) atoms. The van der Waals surface area contributed by atoms with Gasteiger partial charge in [-0.2, -0.15) is 0 Å². The molecule has 0 saturated carbocycles. The Balaban J connectivity index is 1.32. The number of fused-ring (bicyclic) bond motifs is 1. The first-order valence-electron chi connectivity index (χ1n) is 10.8. The molecule has 1 N–H and O–H groups in total. The molecule has 8 nitrogen and oxygen atoms in total. The van der Waals surface area contributed by atoms with Crippen molar-refractivity contribution in [2.75, 3.05) is 24.3 Å². The number of methoxy groups -OCH3 is 1. The molecule has 1 aromatic heterocycles. The Morgan fingerprint density at radius 1 is 1.15 bits per heavy atom. The topological polar surface area (TPSA) is 89.3 Å². The normalized spacial score (nSPS) is 13.5. The van der Waals surface area contributed by atoms with E-state index in [9.17, 15) is 9.59 Å². The second kappa shape index (κ2) is 10.1. The van der Waals surface area contributed by atoms with E-state index < -0.39 is 0 Å². The summed E-state index contributed by atoms with van der Waals surface area (Å²) in [4.78, 5) is 27.1. The summed E-state index contributed by atoms with van der Waals surface area (Å²) in [6.07, 6.45) is 1.15. The second-order valence-electron chi connectivity index (χ2n) is 7.93. The number of amides is 2. The number of ether oxygens (including phenoxy) is 1. The highest BCUT2D eigenvalue weighted by Crippen LogP contribution is 2.29. The van der Waals surface area contributed by atoms with Gasteiger partial charge in [0.1, 0.15) is 5.75 Å². The molecule has 3 aromatic rings. The number of anilines is 1. The third-order valence-corrected chi connectivity index (χ3v) is 6.68. The van der Waals surface area contributed by atoms with Gasteiger partial charge in [0.15, 0.2) is 11.0 Å². The number of aromatic nitrogens is 3. The smallest absolute Gasteiger partial charge is 0.237 e. The largest absolute Gasteiger partial charge is 0.497 e. The van der Waals surface area contributed by atoms with E-state index in [1.54, 1.807) is 7.11 Å². The summed E-state index contributed by atoms with van der Waals surface area (Å²) in [5.74, 6) is 1.62. The third kappa shape index (κ3) is 5.19. The van der Waals surface area contributed by atoms with Gasteiger partial charge in [-0.1, -0.05) is 42.1 Å². The van der Waals surface area contributed by atoms with Gasteiger partial charge in [-0.15, -0.1) is 10.2 Å². The Morgan fingerprint density at radius 3 is 2.67 bits per heavy atom. The Labute approximate surface area is 197 Å². The van der Waals surface area contributed by atoms with Crippen LogP contribution in [0.25, 0.3) is 0 Å². The van der Waals surface area contributed by atoms with Crippen molar-refractivity contribution in [3.05, 3.63) is 65.5 Å². The lowest BCUT2D eigenvalue weighted by Gasteiger charge is -2.17. The number of rotatable bonds is 8. The summed E-state index contributed by atoms with van der Waals surface area (Å²) < 4.78 is 6.97. The van der Waals surface area contributed by atoms with E-state index in [0.29, 0.717) is 17.5 Å². The maximum Gasteiger partial charge on any atom is 0.237 e. The number of thioether (sulfide) groups is 1. The number of benzene rings is 2. The van der Waals surface area contributed by atoms with Crippen LogP contribution in [0.3, 0.4) is 0 Å². The van der Waals surface area contributed by atoms with Gasteiger partial charge < -0.3 is 19.5 Å². The molecule has 0 saturated heterocycles. The standard InChI is InChI=1S/C24H27N5O3S/c1-16(25-21(30)14-17-8-10-19(32-3)11-9-17)23-26-27-24(28(23)2)33-15-22(31)29-13-12-18-6-4-5-7-20(18)29/h4-11,16H,12-15H2,1-3H3,(H,25,30). The Morgan fingerprint density at radius 2 is 1.91 bits per heavy atom. The predicted molar refractivity (Wildman–Crippen MR) is 127 cm³/mol. The minimum absolute atomic E-state index is 0.0512. The third-order valence-electron chi connectivity index (χ3n) is 5.67. The van der Waals surface area contributed by atoms with Crippen LogP contribution in [0, 0.1) is 0 Å². The van der Waals surface area contributed by atoms with Crippen LogP contribution in [-0.2, 0) is 29.5 Å². The molecule has 1 aliphatic rings. The SMILES string of the molecule is COc1ccc(CC(=O)NC(C)c2nnc(SCC(=O)N3CCc4ccccc43)n2C)cc1. The van der Waals surface area contributed by atoms with Crippen LogP contribution in [0.2, 0.25) is 0 Å². The first kappa shape index (κ1) is 22.8. The fraction of sp³-hybridized carbons (Fsp3) is 0.333. The van der Waals surface area contributed by atoms with Gasteiger partial charge in [-0.3, -0.25) is 9.59 Å². The van der Waals surface area contributed by atoms with E-state index >= 15 is 0 Å². The number of carbonyl (C=O) groups is 2. The lowest BCUT2D eigenvalue weighted by Crippen LogP contribution is -2.30. The molecule has 0 aliphatic carbocycles. The highest BCUT2D eigenvalue weighted by molar-refractivity contribution is 7.99. The van der Waals surface area contributed by atoms with Crippen molar-refractivity contribution in [2.45, 2.75) is 31.0 Å². The van der Waals surface area contributed by atoms with Crippen LogP contribution in [0.15, 0.2) is 53.7 Å². The fourth-order valence-corrected chi connectivity index (χ4v) is 4.71. The van der Waals surface area contributed by atoms with Crippen LogP contribution in [0.5, 0.6) is 5.75 Å². The number of nitrogens with one attached hydrogen (secondary N) is 1. The van der Waals surface area contributed by atoms with E-state index in [1.165, 1.54) is 17.3 Å². The Hall–Kier alpha value is -3.33. The molecular formula is C24H27N5O3S. The maximum absolute atomic E-state index is 12.8. The first-order valence-corrected chi connectivity index (χ1v) is 11.8. The molecule has 9 heteroatoms. The maximum atomic E-state index is 12.8. The van der Waals surface area contributed by atoms with Crippen molar-refractivity contribution >= 4 is 29.3 Å². The molecule has 0 radical (unpaired) electrons. The molecule has 2 heterocycles. The van der Waals surface area contributed by atoms with Crippen LogP contribution in [0.4, 0.5) is 5.69 Å². The second-order valence-corrected chi connectivity index (χ2v) is 8.87. The zero-order chi connectivity index (χ0) is 23.4. The summed E-state index contributed by atoms with van der Waals surface area (Å²) in [5.41, 5.74) is 3.10. The van der Waals surface area contributed by atoms with E-state index in [1.807, 2.05) is 65.9 Å². The predicted octanol–water partition coefficient (Wildman–Crippen LogP) is 2.93. The van der Waals surface area contributed by atoms with Crippen LogP contribution < -0.4 is 15.0 Å². The van der Waals surface area contributed by atoms with Crippen molar-refractivity contribution in [1.82, 2.24) is 20.1 Å². The molecule has 0 spiro atoms. The molecule has 0 fully saturated rings. The van der Waals surface area contributed by atoms with Gasteiger partial charge in [-0.05, 0) is 42.7 Å². The van der Waals surface area contributed by atoms with Crippen LogP contribution in [-0.4, -0.2) is 46.0 Å². The monoisotopic (exact) mass is 465 g/mol. The van der Waals surface area contributed by atoms with Crippen molar-refractivity contribution in [2.24, 2.45) is 7.05 Å². The highest BCUT2D eigenvalue weighted by atomic mass is 32.2. The minimum Gasteiger partial charge on any atom is -0.497 e. The number of hydrogen-bond acceptors (Lipinski definition) is 6. The summed E-state index contributed by atoms with van der Waals surface area (Å²) in [6.45, 7) is 2.58. The first-order chi connectivity index (χ1) is 16.0. The molecular weight excluding hydrogens is 438 g/mol. The van der Waals surface area contributed by atoms with Crippen molar-refractivity contribution in [3.63, 3.8) is 0 Å². The lowest BCUT2D eigenvalue weighted by molar-refractivity contribution is -0.121.